The second-order valence-electron chi connectivity index (χ2n) is 8.73. The Hall–Kier alpha value is -1.24. The summed E-state index contributed by atoms with van der Waals surface area (Å²) in [6.07, 6.45) is 10.7. The number of rotatable bonds is 5. The van der Waals surface area contributed by atoms with E-state index in [0.29, 0.717) is 0 Å². The van der Waals surface area contributed by atoms with Crippen LogP contribution in [0.3, 0.4) is 0 Å². The van der Waals surface area contributed by atoms with Crippen molar-refractivity contribution < 1.29 is 9.35 Å². The lowest BCUT2D eigenvalue weighted by Gasteiger charge is -2.41. The Bertz CT molecular complexity index is 711. The van der Waals surface area contributed by atoms with Crippen LogP contribution in [0.5, 0.6) is 0 Å². The van der Waals surface area contributed by atoms with Crippen LogP contribution in [-0.4, -0.2) is 40.4 Å². The Morgan fingerprint density at radius 1 is 1.07 bits per heavy atom. The highest BCUT2D eigenvalue weighted by Gasteiger charge is 2.39. The van der Waals surface area contributed by atoms with E-state index in [0.717, 1.165) is 56.9 Å². The molecule has 1 aromatic rings. The maximum atomic E-state index is 12.6. The quantitative estimate of drug-likeness (QED) is 0.764. The predicted octanol–water partition coefficient (Wildman–Crippen LogP) is 2.93. The monoisotopic (exact) mass is 387 g/mol. The van der Waals surface area contributed by atoms with Crippen LogP contribution in [0.25, 0.3) is 0 Å². The number of carbonyl (C=O) groups excluding carboxylic acids is 1. The van der Waals surface area contributed by atoms with E-state index in [4.69, 9.17) is 0 Å². The lowest BCUT2D eigenvalue weighted by atomic mass is 9.84. The molecule has 6 heteroatoms. The molecule has 27 heavy (non-hydrogen) atoms. The fourth-order valence-corrected chi connectivity index (χ4v) is 6.22. The van der Waals surface area contributed by atoms with Gasteiger partial charge in [-0.2, -0.15) is 4.72 Å². The highest BCUT2D eigenvalue weighted by Crippen LogP contribution is 2.38. The molecule has 1 saturated heterocycles. The fraction of sp³-hybridized carbons (Fsp3) is 0.667. The molecule has 0 spiro atoms. The van der Waals surface area contributed by atoms with Crippen LogP contribution in [0.1, 0.15) is 54.4 Å². The molecule has 0 aromatic heterocycles. The van der Waals surface area contributed by atoms with Gasteiger partial charge in [0.05, 0.1) is 24.5 Å². The lowest BCUT2D eigenvalue weighted by Crippen LogP contribution is -2.59. The zero-order chi connectivity index (χ0) is 18.4. The number of hydrogen-bond donors (Lipinski definition) is 2. The van der Waals surface area contributed by atoms with E-state index in [1.54, 1.807) is 0 Å². The zero-order valence-electron chi connectivity index (χ0n) is 15.9. The molecule has 3 aliphatic carbocycles. The highest BCUT2D eigenvalue weighted by molar-refractivity contribution is 7.90. The number of amides is 2. The van der Waals surface area contributed by atoms with Crippen LogP contribution in [0.2, 0.25) is 0 Å². The zero-order valence-corrected chi connectivity index (χ0v) is 16.7. The van der Waals surface area contributed by atoms with E-state index < -0.39 is 11.4 Å². The van der Waals surface area contributed by atoms with Gasteiger partial charge in [0, 0.05) is 12.2 Å². The standard InChI is InChI=1S/C21H29N3O2S/c25-21(23-27(26)17-12-24(13-17)11-14-4-1-5-14)22-20-18-8-2-6-15(18)10-16-7-3-9-19(16)20/h10,14,17H,1-9,11-13H2,(H2,22,23,25). The first-order chi connectivity index (χ1) is 13.2. The molecule has 0 bridgehead atoms. The Labute approximate surface area is 164 Å². The molecule has 2 fully saturated rings. The van der Waals surface area contributed by atoms with E-state index in [2.05, 4.69) is 21.0 Å². The van der Waals surface area contributed by atoms with Crippen molar-refractivity contribution in [3.63, 3.8) is 0 Å². The van der Waals surface area contributed by atoms with E-state index in [1.165, 1.54) is 54.4 Å². The van der Waals surface area contributed by atoms with Gasteiger partial charge in [-0.05, 0) is 79.5 Å². The lowest BCUT2D eigenvalue weighted by molar-refractivity contribution is 0.123. The molecule has 2 amide bonds. The average molecular weight is 388 g/mol. The molecule has 5 nitrogen and oxygen atoms in total. The Balaban J connectivity index is 1.18. The molecule has 1 atom stereocenters. The van der Waals surface area contributed by atoms with Gasteiger partial charge in [-0.3, -0.25) is 4.90 Å². The van der Waals surface area contributed by atoms with Crippen molar-refractivity contribution in [2.75, 3.05) is 25.0 Å². The van der Waals surface area contributed by atoms with E-state index >= 15 is 0 Å². The second-order valence-corrected chi connectivity index (χ2v) is 10.2. The number of anilines is 1. The van der Waals surface area contributed by atoms with Crippen LogP contribution >= 0.6 is 0 Å². The van der Waals surface area contributed by atoms with Crippen LogP contribution in [0.4, 0.5) is 10.5 Å². The van der Waals surface area contributed by atoms with Gasteiger partial charge in [-0.1, -0.05) is 12.5 Å². The van der Waals surface area contributed by atoms with E-state index in [9.17, 15) is 9.35 Å². The summed E-state index contributed by atoms with van der Waals surface area (Å²) in [5, 5.41) is 3.15. The van der Waals surface area contributed by atoms with Crippen molar-refractivity contribution in [3.8, 4) is 0 Å². The SMILES string of the molecule is O=C(Nc1c2c(cc3c1CCC3)CCC2)N[S+]([O-])C1CN(CC2CCC2)C1. The number of fused-ring (bicyclic) bond motifs is 2. The Morgan fingerprint density at radius 3 is 2.33 bits per heavy atom. The molecule has 1 saturated carbocycles. The first-order valence-electron chi connectivity index (χ1n) is 10.5. The van der Waals surface area contributed by atoms with Crippen LogP contribution in [0.15, 0.2) is 6.07 Å². The molecule has 5 rings (SSSR count). The number of benzene rings is 1. The summed E-state index contributed by atoms with van der Waals surface area (Å²) in [4.78, 5) is 14.9. The maximum Gasteiger partial charge on any atom is 0.360 e. The number of nitrogens with zero attached hydrogens (tertiary/aromatic N) is 1. The summed E-state index contributed by atoms with van der Waals surface area (Å²) in [5.74, 6) is 0.845. The average Bonchev–Trinajstić information content (AvgIpc) is 3.20. The van der Waals surface area contributed by atoms with Crippen molar-refractivity contribution in [2.24, 2.45) is 5.92 Å². The predicted molar refractivity (Wildman–Crippen MR) is 108 cm³/mol. The van der Waals surface area contributed by atoms with Gasteiger partial charge >= 0.3 is 6.03 Å². The summed E-state index contributed by atoms with van der Waals surface area (Å²) >= 11 is -1.30. The number of aryl methyl sites for hydroxylation is 2. The Morgan fingerprint density at radius 2 is 1.74 bits per heavy atom. The molecule has 146 valence electrons. The smallest absolute Gasteiger partial charge is 0.360 e. The third-order valence-corrected chi connectivity index (χ3v) is 8.16. The largest absolute Gasteiger partial charge is 0.593 e. The minimum absolute atomic E-state index is 0.0722. The van der Waals surface area contributed by atoms with Crippen molar-refractivity contribution in [3.05, 3.63) is 28.3 Å². The Kier molecular flexibility index (Phi) is 4.82. The van der Waals surface area contributed by atoms with Crippen molar-refractivity contribution in [1.29, 1.82) is 0 Å². The van der Waals surface area contributed by atoms with Crippen molar-refractivity contribution in [1.82, 2.24) is 9.62 Å². The third-order valence-electron chi connectivity index (χ3n) is 6.87. The summed E-state index contributed by atoms with van der Waals surface area (Å²) < 4.78 is 15.2. The molecule has 4 aliphatic rings. The van der Waals surface area contributed by atoms with E-state index in [1.807, 2.05) is 0 Å². The molecular weight excluding hydrogens is 358 g/mol. The number of urea groups is 1. The number of hydrogen-bond acceptors (Lipinski definition) is 3. The maximum absolute atomic E-state index is 12.6. The minimum Gasteiger partial charge on any atom is -0.593 e. The first kappa shape index (κ1) is 17.8. The second kappa shape index (κ2) is 7.30. The first-order valence-corrected chi connectivity index (χ1v) is 11.8. The summed E-state index contributed by atoms with van der Waals surface area (Å²) in [6, 6.07) is 2.05. The molecule has 1 unspecified atom stereocenters. The summed E-state index contributed by atoms with van der Waals surface area (Å²) in [7, 11) is 0. The molecule has 1 aromatic carbocycles. The summed E-state index contributed by atoms with van der Waals surface area (Å²) in [6.45, 7) is 2.83. The molecular formula is C21H29N3O2S. The van der Waals surface area contributed by atoms with Gasteiger partial charge in [0.25, 0.3) is 0 Å². The molecule has 2 N–H and O–H groups in total. The molecule has 0 radical (unpaired) electrons. The van der Waals surface area contributed by atoms with Gasteiger partial charge in [-0.15, -0.1) is 0 Å². The van der Waals surface area contributed by atoms with Crippen molar-refractivity contribution in [2.45, 2.75) is 63.0 Å². The minimum atomic E-state index is -1.30. The van der Waals surface area contributed by atoms with Crippen molar-refractivity contribution >= 4 is 23.1 Å². The normalized spacial score (nSPS) is 23.3. The highest BCUT2D eigenvalue weighted by atomic mass is 32.2. The van der Waals surface area contributed by atoms with E-state index in [-0.39, 0.29) is 11.3 Å². The topological polar surface area (TPSA) is 67.4 Å². The van der Waals surface area contributed by atoms with Gasteiger partial charge in [0.2, 0.25) is 0 Å². The van der Waals surface area contributed by atoms with Gasteiger partial charge in [0.1, 0.15) is 0 Å². The molecule has 1 aliphatic heterocycles. The van der Waals surface area contributed by atoms with Crippen LogP contribution in [-0.2, 0) is 37.0 Å². The van der Waals surface area contributed by atoms with Gasteiger partial charge in [-0.25, -0.2) is 4.79 Å². The van der Waals surface area contributed by atoms with Gasteiger partial charge < -0.3 is 9.87 Å². The molecule has 1 heterocycles. The fourth-order valence-electron chi connectivity index (χ4n) is 5.13. The number of nitrogens with one attached hydrogen (secondary N) is 2. The summed E-state index contributed by atoms with van der Waals surface area (Å²) in [5.41, 5.74) is 6.45. The number of carbonyl (C=O) groups is 1. The number of likely N-dealkylation sites (tertiary alicyclic amines) is 1. The van der Waals surface area contributed by atoms with Crippen LogP contribution in [0, 0.1) is 5.92 Å². The van der Waals surface area contributed by atoms with Crippen LogP contribution < -0.4 is 10.0 Å². The van der Waals surface area contributed by atoms with Gasteiger partial charge in [0.15, 0.2) is 5.25 Å². The third kappa shape index (κ3) is 3.47.